The van der Waals surface area contributed by atoms with Gasteiger partial charge in [0.05, 0.1) is 13.2 Å². The van der Waals surface area contributed by atoms with Crippen LogP contribution in [-0.2, 0) is 25.5 Å². The van der Waals surface area contributed by atoms with Gasteiger partial charge in [-0.1, -0.05) is 6.07 Å². The molecule has 1 aromatic rings. The van der Waals surface area contributed by atoms with Crippen molar-refractivity contribution < 1.29 is 23.9 Å². The van der Waals surface area contributed by atoms with Crippen LogP contribution in [0.1, 0.15) is 31.9 Å². The molecule has 1 aromatic carbocycles. The Morgan fingerprint density at radius 3 is 2.29 bits per heavy atom. The standard InChI is InChI=1S/C22H32Cl2N2O5/c1-15-6-7-17(26(10-8-23)11-9-24)12-16(15)13-19(18(14-27)20(28)30-5)25-21(29)31-22(2,3)4/h6-7,12,14,18-19H,8-11,13H2,1-5H3,(H,25,29)/t18?,19-/m0/s1. The highest BCUT2D eigenvalue weighted by Crippen LogP contribution is 2.23. The summed E-state index contributed by atoms with van der Waals surface area (Å²) in [6, 6.07) is 5.02. The fourth-order valence-electron chi connectivity index (χ4n) is 3.06. The first-order chi connectivity index (χ1) is 14.6. The van der Waals surface area contributed by atoms with Crippen LogP contribution in [0.4, 0.5) is 10.5 Å². The molecule has 0 bridgehead atoms. The number of aryl methyl sites for hydroxylation is 1. The second-order valence-electron chi connectivity index (χ2n) is 8.12. The Hall–Kier alpha value is -1.99. The van der Waals surface area contributed by atoms with Crippen LogP contribution < -0.4 is 10.2 Å². The van der Waals surface area contributed by atoms with E-state index in [1.807, 2.05) is 25.1 Å². The molecule has 31 heavy (non-hydrogen) atoms. The molecule has 174 valence electrons. The van der Waals surface area contributed by atoms with Gasteiger partial charge in [0.25, 0.3) is 0 Å². The van der Waals surface area contributed by atoms with Crippen molar-refractivity contribution in [3.63, 3.8) is 0 Å². The van der Waals surface area contributed by atoms with Crippen molar-refractivity contribution in [2.45, 2.75) is 45.8 Å². The topological polar surface area (TPSA) is 84.9 Å². The number of alkyl carbamates (subject to hydrolysis) is 1. The van der Waals surface area contributed by atoms with E-state index < -0.39 is 29.6 Å². The van der Waals surface area contributed by atoms with E-state index in [-0.39, 0.29) is 6.42 Å². The molecule has 0 radical (unpaired) electrons. The number of nitrogens with zero attached hydrogens (tertiary/aromatic N) is 1. The molecule has 0 fully saturated rings. The fourth-order valence-corrected chi connectivity index (χ4v) is 3.47. The Balaban J connectivity index is 3.25. The molecule has 7 nitrogen and oxygen atoms in total. The predicted molar refractivity (Wildman–Crippen MR) is 123 cm³/mol. The average molecular weight is 475 g/mol. The molecule has 0 spiro atoms. The number of benzene rings is 1. The Labute approximate surface area is 194 Å². The maximum atomic E-state index is 12.4. The zero-order chi connectivity index (χ0) is 23.6. The maximum Gasteiger partial charge on any atom is 0.407 e. The second kappa shape index (κ2) is 12.8. The van der Waals surface area contributed by atoms with Crippen LogP contribution >= 0.6 is 23.2 Å². The lowest BCUT2D eigenvalue weighted by Crippen LogP contribution is -2.47. The van der Waals surface area contributed by atoms with Crippen molar-refractivity contribution in [2.24, 2.45) is 5.92 Å². The number of carbonyl (C=O) groups excluding carboxylic acids is 3. The van der Waals surface area contributed by atoms with Gasteiger partial charge in [0, 0.05) is 30.5 Å². The normalized spacial score (nSPS) is 13.1. The Kier molecular flexibility index (Phi) is 11.1. The summed E-state index contributed by atoms with van der Waals surface area (Å²) < 4.78 is 10.1. The molecule has 9 heteroatoms. The molecule has 0 saturated carbocycles. The van der Waals surface area contributed by atoms with Gasteiger partial charge in [-0.05, 0) is 57.4 Å². The number of nitrogens with one attached hydrogen (secondary N) is 1. The van der Waals surface area contributed by atoms with E-state index in [2.05, 4.69) is 10.2 Å². The van der Waals surface area contributed by atoms with Crippen LogP contribution in [0.15, 0.2) is 18.2 Å². The number of hydrogen-bond acceptors (Lipinski definition) is 6. The zero-order valence-electron chi connectivity index (χ0n) is 18.7. The molecule has 2 atom stereocenters. The molecule has 0 aliphatic heterocycles. The smallest absolute Gasteiger partial charge is 0.407 e. The first-order valence-corrected chi connectivity index (χ1v) is 11.1. The van der Waals surface area contributed by atoms with Crippen LogP contribution in [0.5, 0.6) is 0 Å². The number of carbonyl (C=O) groups is 3. The van der Waals surface area contributed by atoms with E-state index in [1.165, 1.54) is 7.11 Å². The number of hydrogen-bond donors (Lipinski definition) is 1. The average Bonchev–Trinajstić information content (AvgIpc) is 2.68. The largest absolute Gasteiger partial charge is 0.468 e. The summed E-state index contributed by atoms with van der Waals surface area (Å²) in [6.07, 6.45) is 0.000793. The molecule has 1 amide bonds. The molecule has 0 heterocycles. The number of rotatable bonds is 11. The quantitative estimate of drug-likeness (QED) is 0.227. The first-order valence-electron chi connectivity index (χ1n) is 10.0. The summed E-state index contributed by atoms with van der Waals surface area (Å²) in [5, 5.41) is 2.67. The Bertz CT molecular complexity index is 746. The predicted octanol–water partition coefficient (Wildman–Crippen LogP) is 3.70. The van der Waals surface area contributed by atoms with Gasteiger partial charge in [0.1, 0.15) is 17.8 Å². The van der Waals surface area contributed by atoms with Crippen LogP contribution in [0.3, 0.4) is 0 Å². The summed E-state index contributed by atoms with van der Waals surface area (Å²) in [7, 11) is 1.20. The molecular weight excluding hydrogens is 443 g/mol. The number of halogens is 2. The van der Waals surface area contributed by atoms with Crippen molar-refractivity contribution in [1.29, 1.82) is 0 Å². The molecule has 0 aliphatic carbocycles. The van der Waals surface area contributed by atoms with Gasteiger partial charge < -0.3 is 24.5 Å². The first kappa shape index (κ1) is 27.0. The van der Waals surface area contributed by atoms with Crippen molar-refractivity contribution >= 4 is 47.2 Å². The number of ether oxygens (including phenoxy) is 2. The third kappa shape index (κ3) is 8.95. The zero-order valence-corrected chi connectivity index (χ0v) is 20.3. The number of alkyl halides is 2. The van der Waals surface area contributed by atoms with Gasteiger partial charge in [-0.15, -0.1) is 23.2 Å². The molecule has 1 N–H and O–H groups in total. The van der Waals surface area contributed by atoms with Crippen LogP contribution in [0, 0.1) is 12.8 Å². The molecular formula is C22H32Cl2N2O5. The third-order valence-corrected chi connectivity index (χ3v) is 4.94. The second-order valence-corrected chi connectivity index (χ2v) is 8.87. The SMILES string of the molecule is COC(=O)C(C=O)[C@H](Cc1cc(N(CCCl)CCCl)ccc1C)NC(=O)OC(C)(C)C. The molecule has 0 aliphatic rings. The monoisotopic (exact) mass is 474 g/mol. The van der Waals surface area contributed by atoms with Gasteiger partial charge in [-0.2, -0.15) is 0 Å². The van der Waals surface area contributed by atoms with Gasteiger partial charge in [0.15, 0.2) is 0 Å². The Morgan fingerprint density at radius 1 is 1.19 bits per heavy atom. The van der Waals surface area contributed by atoms with E-state index >= 15 is 0 Å². The summed E-state index contributed by atoms with van der Waals surface area (Å²) in [4.78, 5) is 38.3. The van der Waals surface area contributed by atoms with Gasteiger partial charge in [0.2, 0.25) is 0 Å². The number of amides is 1. The number of methoxy groups -OCH3 is 1. The minimum atomic E-state index is -1.18. The van der Waals surface area contributed by atoms with Crippen molar-refractivity contribution in [3.8, 4) is 0 Å². The highest BCUT2D eigenvalue weighted by Gasteiger charge is 2.32. The van der Waals surface area contributed by atoms with Crippen molar-refractivity contribution in [1.82, 2.24) is 5.32 Å². The van der Waals surface area contributed by atoms with Crippen LogP contribution in [0.25, 0.3) is 0 Å². The van der Waals surface area contributed by atoms with Crippen molar-refractivity contribution in [3.05, 3.63) is 29.3 Å². The fraction of sp³-hybridized carbons (Fsp3) is 0.591. The highest BCUT2D eigenvalue weighted by molar-refractivity contribution is 6.18. The maximum absolute atomic E-state index is 12.4. The summed E-state index contributed by atoms with van der Waals surface area (Å²) in [5.74, 6) is -1.02. The summed E-state index contributed by atoms with van der Waals surface area (Å²) in [6.45, 7) is 8.36. The minimum Gasteiger partial charge on any atom is -0.468 e. The van der Waals surface area contributed by atoms with Crippen LogP contribution in [-0.4, -0.2) is 62.0 Å². The molecule has 1 rings (SSSR count). The van der Waals surface area contributed by atoms with E-state index in [4.69, 9.17) is 32.7 Å². The highest BCUT2D eigenvalue weighted by atomic mass is 35.5. The van der Waals surface area contributed by atoms with Gasteiger partial charge in [-0.25, -0.2) is 4.79 Å². The van der Waals surface area contributed by atoms with Crippen molar-refractivity contribution in [2.75, 3.05) is 36.9 Å². The van der Waals surface area contributed by atoms with Crippen LogP contribution in [0.2, 0.25) is 0 Å². The summed E-state index contributed by atoms with van der Waals surface area (Å²) >= 11 is 11.8. The number of anilines is 1. The number of esters is 1. The van der Waals surface area contributed by atoms with E-state index in [9.17, 15) is 14.4 Å². The Morgan fingerprint density at radius 2 is 1.81 bits per heavy atom. The number of aldehydes is 1. The minimum absolute atomic E-state index is 0.229. The lowest BCUT2D eigenvalue weighted by atomic mass is 9.92. The lowest BCUT2D eigenvalue weighted by molar-refractivity contribution is -0.147. The third-order valence-electron chi connectivity index (χ3n) is 4.60. The summed E-state index contributed by atoms with van der Waals surface area (Å²) in [5.41, 5.74) is 2.00. The van der Waals surface area contributed by atoms with E-state index in [1.54, 1.807) is 20.8 Å². The van der Waals surface area contributed by atoms with E-state index in [0.29, 0.717) is 31.1 Å². The van der Waals surface area contributed by atoms with E-state index in [0.717, 1.165) is 16.8 Å². The van der Waals surface area contributed by atoms with Gasteiger partial charge in [-0.3, -0.25) is 4.79 Å². The molecule has 1 unspecified atom stereocenters. The van der Waals surface area contributed by atoms with Gasteiger partial charge >= 0.3 is 12.1 Å². The molecule has 0 saturated heterocycles. The lowest BCUT2D eigenvalue weighted by Gasteiger charge is -2.27. The molecule has 0 aromatic heterocycles.